The second kappa shape index (κ2) is 9.33. The predicted octanol–water partition coefficient (Wildman–Crippen LogP) is 5.76. The van der Waals surface area contributed by atoms with Gasteiger partial charge in [-0.05, 0) is 73.0 Å². The number of nitrogens with zero attached hydrogens (tertiary/aromatic N) is 4. The van der Waals surface area contributed by atoms with Crippen LogP contribution in [0.1, 0.15) is 78.3 Å². The molecule has 3 aromatic rings. The first-order valence-electron chi connectivity index (χ1n) is 11.7. The Kier molecular flexibility index (Phi) is 6.22. The fraction of sp³-hybridized carbons (Fsp3) is 0.250. The van der Waals surface area contributed by atoms with Crippen molar-refractivity contribution in [1.82, 2.24) is 19.9 Å². The van der Waals surface area contributed by atoms with Crippen molar-refractivity contribution in [2.24, 2.45) is 0 Å². The van der Waals surface area contributed by atoms with E-state index in [1.165, 1.54) is 36.8 Å². The minimum absolute atomic E-state index is 0. The fourth-order valence-electron chi connectivity index (χ4n) is 4.58. The molecule has 1 N–H and O–H groups in total. The second-order valence-corrected chi connectivity index (χ2v) is 9.20. The summed E-state index contributed by atoms with van der Waals surface area (Å²) in [7, 11) is 0. The van der Waals surface area contributed by atoms with Crippen LogP contribution in [-0.4, -0.2) is 21.0 Å². The van der Waals surface area contributed by atoms with E-state index in [1.54, 1.807) is 0 Å². The number of carboxylic acid groups (broad SMARTS) is 1. The van der Waals surface area contributed by atoms with Gasteiger partial charge in [0, 0.05) is 6.92 Å². The van der Waals surface area contributed by atoms with Crippen LogP contribution in [0, 0.1) is 0 Å². The largest absolute Gasteiger partial charge is 2.00 e. The Morgan fingerprint density at radius 2 is 1.17 bits per heavy atom. The number of hydrogen-bond acceptors (Lipinski definition) is 3. The molecule has 4 aliphatic rings. The number of fused-ring (bicyclic) bond motifs is 8. The smallest absolute Gasteiger partial charge is 0.657 e. The third-order valence-electron chi connectivity index (χ3n) is 6.31. The van der Waals surface area contributed by atoms with Gasteiger partial charge in [0.15, 0.2) is 0 Å². The van der Waals surface area contributed by atoms with Crippen LogP contribution in [0.25, 0.3) is 46.4 Å². The van der Waals surface area contributed by atoms with Gasteiger partial charge in [0.1, 0.15) is 0 Å². The summed E-state index contributed by atoms with van der Waals surface area (Å²) >= 11 is 0. The number of rotatable bonds is 2. The summed E-state index contributed by atoms with van der Waals surface area (Å²) in [4.78, 5) is 28.7. The molecule has 2 aliphatic carbocycles. The summed E-state index contributed by atoms with van der Waals surface area (Å²) in [6.45, 7) is 1.08. The second-order valence-electron chi connectivity index (χ2n) is 9.20. The molecule has 3 aromatic heterocycles. The summed E-state index contributed by atoms with van der Waals surface area (Å²) in [6.07, 6.45) is 13.3. The average molecular weight is 503 g/mol. The minimum atomic E-state index is -0.833. The van der Waals surface area contributed by atoms with Gasteiger partial charge in [-0.3, -0.25) is 4.79 Å². The average Bonchev–Trinajstić information content (AvgIpc) is 3.56. The molecule has 0 spiro atoms. The Bertz CT molecular complexity index is 1410. The van der Waals surface area contributed by atoms with Gasteiger partial charge in [-0.2, -0.15) is 0 Å². The molecule has 0 unspecified atom stereocenters. The molecular formula is C28H24MnN4O2. The first kappa shape index (κ1) is 23.3. The molecule has 0 amide bonds. The molecule has 7 rings (SSSR count). The van der Waals surface area contributed by atoms with Crippen molar-refractivity contribution in [1.29, 1.82) is 0 Å². The van der Waals surface area contributed by atoms with E-state index in [9.17, 15) is 0 Å². The summed E-state index contributed by atoms with van der Waals surface area (Å²) in [5.41, 5.74) is 10.6. The zero-order valence-electron chi connectivity index (χ0n) is 19.3. The van der Waals surface area contributed by atoms with E-state index >= 15 is 0 Å². The Balaban J connectivity index is 0.000000474. The van der Waals surface area contributed by atoms with Crippen LogP contribution < -0.4 is 9.97 Å². The van der Waals surface area contributed by atoms with E-state index in [-0.39, 0.29) is 17.1 Å². The quantitative estimate of drug-likeness (QED) is 0.308. The van der Waals surface area contributed by atoms with Crippen molar-refractivity contribution in [3.8, 4) is 0 Å². The van der Waals surface area contributed by atoms with Gasteiger partial charge in [0.2, 0.25) is 0 Å². The molecule has 35 heavy (non-hydrogen) atoms. The number of aromatic nitrogens is 4. The van der Waals surface area contributed by atoms with Gasteiger partial charge < -0.3 is 15.1 Å². The van der Waals surface area contributed by atoms with E-state index in [4.69, 9.17) is 29.8 Å². The molecular weight excluding hydrogens is 479 g/mol. The number of aliphatic carboxylic acids is 1. The molecule has 2 saturated carbocycles. The van der Waals surface area contributed by atoms with Crippen LogP contribution in [0.5, 0.6) is 0 Å². The Hall–Kier alpha value is -3.41. The summed E-state index contributed by atoms with van der Waals surface area (Å²) in [5, 5.41) is 7.42. The maximum Gasteiger partial charge on any atom is 2.00 e. The minimum Gasteiger partial charge on any atom is -0.657 e. The van der Waals surface area contributed by atoms with Crippen LogP contribution in [0.15, 0.2) is 36.4 Å². The number of carboxylic acids is 1. The van der Waals surface area contributed by atoms with Crippen molar-refractivity contribution in [2.45, 2.75) is 44.4 Å². The van der Waals surface area contributed by atoms with E-state index in [2.05, 4.69) is 60.7 Å². The summed E-state index contributed by atoms with van der Waals surface area (Å²) in [6, 6.07) is 12.6. The maximum atomic E-state index is 9.00. The van der Waals surface area contributed by atoms with Crippen molar-refractivity contribution in [2.75, 3.05) is 0 Å². The van der Waals surface area contributed by atoms with E-state index in [0.29, 0.717) is 11.8 Å². The molecule has 2 aliphatic heterocycles. The summed E-state index contributed by atoms with van der Waals surface area (Å²) in [5.74, 6) is 0.301. The third kappa shape index (κ3) is 5.02. The fourth-order valence-corrected chi connectivity index (χ4v) is 4.58. The zero-order valence-corrected chi connectivity index (χ0v) is 20.5. The first-order chi connectivity index (χ1) is 16.5. The van der Waals surface area contributed by atoms with Gasteiger partial charge in [-0.1, -0.05) is 36.4 Å². The molecule has 2 fully saturated rings. The number of carbonyl (C=O) groups is 1. The first-order valence-corrected chi connectivity index (χ1v) is 11.7. The van der Waals surface area contributed by atoms with Crippen LogP contribution in [0.3, 0.4) is 0 Å². The molecule has 5 heterocycles. The molecule has 175 valence electrons. The molecule has 6 nitrogen and oxygen atoms in total. The Morgan fingerprint density at radius 3 is 1.54 bits per heavy atom. The molecule has 0 saturated heterocycles. The van der Waals surface area contributed by atoms with Crippen molar-refractivity contribution in [3.05, 3.63) is 70.3 Å². The third-order valence-corrected chi connectivity index (χ3v) is 6.31. The SMILES string of the molecule is C1=Cc2nc1cc1ccc([n-]1)c(C1CC1)c1nc(cc3ccc([n-]3)c2C2CC2)C=C1.CC(=O)O.[Mn+2]. The van der Waals surface area contributed by atoms with Crippen molar-refractivity contribution >= 4 is 52.3 Å². The van der Waals surface area contributed by atoms with E-state index in [1.807, 2.05) is 0 Å². The Labute approximate surface area is 213 Å². The standard InChI is InChI=1S/C26H20N4.C2H4O2.Mn/c1-2-15(1)25-21-9-5-17(27-21)13-19-7-11-23(29-19)26(16-3-4-16)24-12-8-20(30-24)14-18-6-10-22(25)28-18;1-2(3)4;/h5-16H,1-4H2;1H3,(H,3,4);/q-2;;+2. The number of hydrogen-bond donors (Lipinski definition) is 1. The van der Waals surface area contributed by atoms with Gasteiger partial charge in [-0.15, -0.1) is 22.1 Å². The molecule has 0 atom stereocenters. The molecule has 1 radical (unpaired) electrons. The molecule has 0 aromatic carbocycles. The van der Waals surface area contributed by atoms with Crippen LogP contribution in [0.2, 0.25) is 0 Å². The van der Waals surface area contributed by atoms with Gasteiger partial charge in [0.25, 0.3) is 5.97 Å². The molecule has 7 heteroatoms. The van der Waals surface area contributed by atoms with Gasteiger partial charge >= 0.3 is 17.1 Å². The van der Waals surface area contributed by atoms with Crippen molar-refractivity contribution in [3.63, 3.8) is 0 Å². The van der Waals surface area contributed by atoms with Crippen LogP contribution >= 0.6 is 0 Å². The van der Waals surface area contributed by atoms with E-state index in [0.717, 1.165) is 51.8 Å². The van der Waals surface area contributed by atoms with Gasteiger partial charge in [0.05, 0.1) is 22.8 Å². The van der Waals surface area contributed by atoms with Crippen molar-refractivity contribution < 1.29 is 27.0 Å². The zero-order chi connectivity index (χ0) is 23.2. The normalized spacial score (nSPS) is 15.8. The maximum absolute atomic E-state index is 9.00. The van der Waals surface area contributed by atoms with Crippen LogP contribution in [-0.2, 0) is 21.9 Å². The predicted molar refractivity (Wildman–Crippen MR) is 134 cm³/mol. The van der Waals surface area contributed by atoms with E-state index < -0.39 is 5.97 Å². The Morgan fingerprint density at radius 1 is 0.771 bits per heavy atom. The van der Waals surface area contributed by atoms with Crippen LogP contribution in [0.4, 0.5) is 0 Å². The molecule has 8 bridgehead atoms. The summed E-state index contributed by atoms with van der Waals surface area (Å²) < 4.78 is 0. The monoisotopic (exact) mass is 503 g/mol. The van der Waals surface area contributed by atoms with Gasteiger partial charge in [-0.25, -0.2) is 9.97 Å². The topological polar surface area (TPSA) is 91.3 Å².